The van der Waals surface area contributed by atoms with Crippen LogP contribution in [0.5, 0.6) is 0 Å². The van der Waals surface area contributed by atoms with Gasteiger partial charge in [0.15, 0.2) is 0 Å². The standard InChI is InChI=1S/C13H22N2OS/c1-4-13(2,16-3)12-15-11(8-17-12)9-6-5-7-10(9)14/h8-10H,4-7,14H2,1-3H3. The minimum atomic E-state index is -0.244. The molecule has 1 aromatic rings. The Kier molecular flexibility index (Phi) is 3.85. The summed E-state index contributed by atoms with van der Waals surface area (Å²) in [4.78, 5) is 4.77. The second-order valence-corrected chi connectivity index (χ2v) is 5.93. The maximum atomic E-state index is 6.13. The zero-order valence-electron chi connectivity index (χ0n) is 10.9. The normalized spacial score (nSPS) is 28.2. The molecule has 3 nitrogen and oxygen atoms in total. The molecule has 96 valence electrons. The Hall–Kier alpha value is -0.450. The topological polar surface area (TPSA) is 48.1 Å². The summed E-state index contributed by atoms with van der Waals surface area (Å²) in [7, 11) is 1.76. The molecule has 1 aliphatic rings. The third-order valence-electron chi connectivity index (χ3n) is 4.05. The van der Waals surface area contributed by atoms with Crippen LogP contribution in [0.4, 0.5) is 0 Å². The molecule has 1 saturated carbocycles. The van der Waals surface area contributed by atoms with E-state index in [0.717, 1.165) is 17.8 Å². The van der Waals surface area contributed by atoms with Crippen molar-refractivity contribution in [2.24, 2.45) is 5.73 Å². The first kappa shape index (κ1) is 13.0. The summed E-state index contributed by atoms with van der Waals surface area (Å²) in [6.07, 6.45) is 4.48. The average molecular weight is 254 g/mol. The molecule has 0 aromatic carbocycles. The molecule has 1 aliphatic carbocycles. The Morgan fingerprint density at radius 2 is 2.35 bits per heavy atom. The van der Waals surface area contributed by atoms with Crippen molar-refractivity contribution in [1.29, 1.82) is 0 Å². The number of nitrogens with two attached hydrogens (primary N) is 1. The molecule has 1 aromatic heterocycles. The van der Waals surface area contributed by atoms with Gasteiger partial charge in [-0.15, -0.1) is 11.3 Å². The molecular weight excluding hydrogens is 232 g/mol. The molecule has 1 fully saturated rings. The highest BCUT2D eigenvalue weighted by Crippen LogP contribution is 2.37. The van der Waals surface area contributed by atoms with E-state index in [4.69, 9.17) is 15.5 Å². The number of rotatable bonds is 4. The quantitative estimate of drug-likeness (QED) is 0.898. The van der Waals surface area contributed by atoms with Crippen LogP contribution in [-0.4, -0.2) is 18.1 Å². The summed E-state index contributed by atoms with van der Waals surface area (Å²) in [5.74, 6) is 0.456. The van der Waals surface area contributed by atoms with Gasteiger partial charge in [0.25, 0.3) is 0 Å². The van der Waals surface area contributed by atoms with Crippen LogP contribution < -0.4 is 5.73 Å². The van der Waals surface area contributed by atoms with Crippen LogP contribution in [0.15, 0.2) is 5.38 Å². The summed E-state index contributed by atoms with van der Waals surface area (Å²) in [6.45, 7) is 4.23. The monoisotopic (exact) mass is 254 g/mol. The first-order valence-electron chi connectivity index (χ1n) is 6.37. The van der Waals surface area contributed by atoms with Gasteiger partial charge >= 0.3 is 0 Å². The van der Waals surface area contributed by atoms with E-state index < -0.39 is 0 Å². The lowest BCUT2D eigenvalue weighted by atomic mass is 10.0. The predicted molar refractivity (Wildman–Crippen MR) is 71.3 cm³/mol. The number of hydrogen-bond donors (Lipinski definition) is 1. The van der Waals surface area contributed by atoms with Gasteiger partial charge in [-0.25, -0.2) is 4.98 Å². The average Bonchev–Trinajstić information content (AvgIpc) is 2.96. The summed E-state index contributed by atoms with van der Waals surface area (Å²) < 4.78 is 5.59. The van der Waals surface area contributed by atoms with Crippen LogP contribution >= 0.6 is 11.3 Å². The van der Waals surface area contributed by atoms with E-state index in [-0.39, 0.29) is 5.60 Å². The largest absolute Gasteiger partial charge is 0.371 e. The van der Waals surface area contributed by atoms with Crippen molar-refractivity contribution in [3.05, 3.63) is 16.1 Å². The van der Waals surface area contributed by atoms with Crippen molar-refractivity contribution >= 4 is 11.3 Å². The van der Waals surface area contributed by atoms with Gasteiger partial charge in [0.2, 0.25) is 0 Å². The minimum Gasteiger partial charge on any atom is -0.371 e. The molecule has 0 spiro atoms. The van der Waals surface area contributed by atoms with Crippen molar-refractivity contribution in [2.45, 2.75) is 57.1 Å². The van der Waals surface area contributed by atoms with Gasteiger partial charge in [-0.2, -0.15) is 0 Å². The Labute approximate surface area is 107 Å². The number of ether oxygens (including phenoxy) is 1. The fourth-order valence-electron chi connectivity index (χ4n) is 2.44. The van der Waals surface area contributed by atoms with Gasteiger partial charge < -0.3 is 10.5 Å². The Morgan fingerprint density at radius 3 is 2.88 bits per heavy atom. The lowest BCUT2D eigenvalue weighted by Gasteiger charge is -2.23. The van der Waals surface area contributed by atoms with Crippen LogP contribution in [0, 0.1) is 0 Å². The maximum Gasteiger partial charge on any atom is 0.125 e. The highest BCUT2D eigenvalue weighted by Gasteiger charge is 2.31. The third-order valence-corrected chi connectivity index (χ3v) is 5.15. The van der Waals surface area contributed by atoms with E-state index in [1.54, 1.807) is 18.4 Å². The third kappa shape index (κ3) is 2.39. The number of hydrogen-bond acceptors (Lipinski definition) is 4. The molecule has 0 radical (unpaired) electrons. The highest BCUT2D eigenvalue weighted by atomic mass is 32.1. The van der Waals surface area contributed by atoms with E-state index in [2.05, 4.69) is 19.2 Å². The first-order valence-corrected chi connectivity index (χ1v) is 7.25. The van der Waals surface area contributed by atoms with Crippen molar-refractivity contribution in [3.63, 3.8) is 0 Å². The van der Waals surface area contributed by atoms with Crippen LogP contribution in [0.3, 0.4) is 0 Å². The molecule has 0 amide bonds. The van der Waals surface area contributed by atoms with E-state index >= 15 is 0 Å². The number of thiazole rings is 1. The van der Waals surface area contributed by atoms with E-state index in [1.807, 2.05) is 0 Å². The smallest absolute Gasteiger partial charge is 0.125 e. The Morgan fingerprint density at radius 1 is 1.59 bits per heavy atom. The van der Waals surface area contributed by atoms with Gasteiger partial charge in [0.05, 0.1) is 5.69 Å². The molecule has 17 heavy (non-hydrogen) atoms. The maximum absolute atomic E-state index is 6.13. The summed E-state index contributed by atoms with van der Waals surface area (Å²) in [5.41, 5.74) is 7.06. The molecular formula is C13H22N2OS. The molecule has 2 rings (SSSR count). The second-order valence-electron chi connectivity index (χ2n) is 5.07. The van der Waals surface area contributed by atoms with Gasteiger partial charge in [-0.1, -0.05) is 13.3 Å². The van der Waals surface area contributed by atoms with Crippen LogP contribution in [0.1, 0.15) is 56.2 Å². The van der Waals surface area contributed by atoms with Crippen molar-refractivity contribution in [1.82, 2.24) is 4.98 Å². The van der Waals surface area contributed by atoms with E-state index in [9.17, 15) is 0 Å². The van der Waals surface area contributed by atoms with Crippen LogP contribution in [0.25, 0.3) is 0 Å². The zero-order chi connectivity index (χ0) is 12.5. The Balaban J connectivity index is 2.21. The lowest BCUT2D eigenvalue weighted by molar-refractivity contribution is -0.00170. The van der Waals surface area contributed by atoms with Crippen molar-refractivity contribution in [2.75, 3.05) is 7.11 Å². The second kappa shape index (κ2) is 5.04. The van der Waals surface area contributed by atoms with Crippen molar-refractivity contribution < 1.29 is 4.74 Å². The van der Waals surface area contributed by atoms with Crippen LogP contribution in [-0.2, 0) is 10.3 Å². The summed E-state index contributed by atoms with van der Waals surface area (Å²) in [6, 6.07) is 0.292. The molecule has 3 atom stereocenters. The predicted octanol–water partition coefficient (Wildman–Crippen LogP) is 3.01. The van der Waals surface area contributed by atoms with Gasteiger partial charge in [-0.05, 0) is 26.2 Å². The summed E-state index contributed by atoms with van der Waals surface area (Å²) in [5, 5.41) is 3.24. The SMILES string of the molecule is CCC(C)(OC)c1nc(C2CCCC2N)cs1. The summed E-state index contributed by atoms with van der Waals surface area (Å²) >= 11 is 1.70. The molecule has 4 heteroatoms. The molecule has 0 saturated heterocycles. The molecule has 2 N–H and O–H groups in total. The van der Waals surface area contributed by atoms with Gasteiger partial charge in [-0.3, -0.25) is 0 Å². The molecule has 0 bridgehead atoms. The fraction of sp³-hybridized carbons (Fsp3) is 0.769. The van der Waals surface area contributed by atoms with E-state index in [1.165, 1.54) is 18.5 Å². The Bertz CT molecular complexity index is 373. The minimum absolute atomic E-state index is 0.244. The highest BCUT2D eigenvalue weighted by molar-refractivity contribution is 7.09. The molecule has 0 aliphatic heterocycles. The lowest BCUT2D eigenvalue weighted by Crippen LogP contribution is -2.25. The fourth-order valence-corrected chi connectivity index (χ4v) is 3.53. The van der Waals surface area contributed by atoms with E-state index in [0.29, 0.717) is 12.0 Å². The zero-order valence-corrected chi connectivity index (χ0v) is 11.7. The van der Waals surface area contributed by atoms with Gasteiger partial charge in [0, 0.05) is 24.4 Å². The van der Waals surface area contributed by atoms with Crippen LogP contribution in [0.2, 0.25) is 0 Å². The van der Waals surface area contributed by atoms with Crippen molar-refractivity contribution in [3.8, 4) is 0 Å². The molecule has 1 heterocycles. The number of aromatic nitrogens is 1. The number of methoxy groups -OCH3 is 1. The molecule has 3 unspecified atom stereocenters. The van der Waals surface area contributed by atoms with Gasteiger partial charge in [0.1, 0.15) is 10.6 Å². The first-order chi connectivity index (χ1) is 8.10. The number of nitrogens with zero attached hydrogens (tertiary/aromatic N) is 1.